The maximum Gasteiger partial charge on any atom is 0.223 e. The summed E-state index contributed by atoms with van der Waals surface area (Å²) in [5.74, 6) is 0. The van der Waals surface area contributed by atoms with Crippen LogP contribution in [-0.2, 0) is 0 Å². The van der Waals surface area contributed by atoms with Gasteiger partial charge in [0.15, 0.2) is 0 Å². The number of benzene rings is 3. The van der Waals surface area contributed by atoms with E-state index in [1.165, 1.54) is 0 Å². The number of halogens is 1. The molecule has 2 nitrogen and oxygen atoms in total. The summed E-state index contributed by atoms with van der Waals surface area (Å²) in [5, 5.41) is 3.54. The van der Waals surface area contributed by atoms with Crippen LogP contribution in [0.5, 0.6) is 0 Å². The standard InChI is InChI=1S/C18H11ClN2/c19-18-20-16(13-7-2-1-3-8-13)15-11-10-12-6-4-5-9-14(12)17(15)21-18/h1-11H. The summed E-state index contributed by atoms with van der Waals surface area (Å²) in [6, 6.07) is 22.4. The fourth-order valence-corrected chi connectivity index (χ4v) is 2.82. The Morgan fingerprint density at radius 2 is 1.43 bits per heavy atom. The summed E-state index contributed by atoms with van der Waals surface area (Å²) in [6.45, 7) is 0. The Labute approximate surface area is 127 Å². The van der Waals surface area contributed by atoms with Crippen LogP contribution in [0.3, 0.4) is 0 Å². The van der Waals surface area contributed by atoms with Crippen molar-refractivity contribution >= 4 is 33.3 Å². The Balaban J connectivity index is 2.15. The molecule has 0 aliphatic rings. The molecule has 0 saturated carbocycles. The molecular formula is C18H11ClN2. The first kappa shape index (κ1) is 12.3. The van der Waals surface area contributed by atoms with Crippen molar-refractivity contribution in [1.29, 1.82) is 0 Å². The Hall–Kier alpha value is -2.45. The molecule has 0 aliphatic carbocycles. The third-order valence-electron chi connectivity index (χ3n) is 3.61. The molecule has 21 heavy (non-hydrogen) atoms. The molecule has 0 atom stereocenters. The van der Waals surface area contributed by atoms with Crippen LogP contribution in [0, 0.1) is 0 Å². The molecule has 3 heteroatoms. The van der Waals surface area contributed by atoms with E-state index in [2.05, 4.69) is 34.2 Å². The summed E-state index contributed by atoms with van der Waals surface area (Å²) in [5.41, 5.74) is 2.81. The smallest absolute Gasteiger partial charge is 0.217 e. The highest BCUT2D eigenvalue weighted by Crippen LogP contribution is 2.31. The van der Waals surface area contributed by atoms with Crippen LogP contribution in [0.15, 0.2) is 66.7 Å². The second-order valence-electron chi connectivity index (χ2n) is 4.89. The molecule has 0 bridgehead atoms. The van der Waals surface area contributed by atoms with Crippen LogP contribution in [0.2, 0.25) is 5.28 Å². The van der Waals surface area contributed by atoms with E-state index in [-0.39, 0.29) is 5.28 Å². The molecule has 100 valence electrons. The zero-order valence-corrected chi connectivity index (χ0v) is 11.9. The molecule has 1 aromatic heterocycles. The molecule has 4 rings (SSSR count). The number of fused-ring (bicyclic) bond motifs is 3. The molecule has 0 saturated heterocycles. The molecule has 0 amide bonds. The lowest BCUT2D eigenvalue weighted by Crippen LogP contribution is -1.92. The van der Waals surface area contributed by atoms with Crippen LogP contribution in [0.25, 0.3) is 32.9 Å². The number of hydrogen-bond acceptors (Lipinski definition) is 2. The summed E-state index contributed by atoms with van der Waals surface area (Å²) in [7, 11) is 0. The van der Waals surface area contributed by atoms with Gasteiger partial charge in [-0.1, -0.05) is 60.7 Å². The van der Waals surface area contributed by atoms with E-state index in [1.807, 2.05) is 42.5 Å². The minimum absolute atomic E-state index is 0.276. The molecule has 0 unspecified atom stereocenters. The van der Waals surface area contributed by atoms with Crippen molar-refractivity contribution in [3.8, 4) is 11.3 Å². The van der Waals surface area contributed by atoms with Gasteiger partial charge < -0.3 is 0 Å². The van der Waals surface area contributed by atoms with Gasteiger partial charge in [-0.3, -0.25) is 0 Å². The van der Waals surface area contributed by atoms with Crippen LogP contribution in [-0.4, -0.2) is 9.97 Å². The van der Waals surface area contributed by atoms with Gasteiger partial charge in [-0.25, -0.2) is 9.97 Å². The number of rotatable bonds is 1. The lowest BCUT2D eigenvalue weighted by molar-refractivity contribution is 1.23. The van der Waals surface area contributed by atoms with Crippen molar-refractivity contribution in [1.82, 2.24) is 9.97 Å². The Morgan fingerprint density at radius 1 is 0.667 bits per heavy atom. The van der Waals surface area contributed by atoms with Crippen LogP contribution >= 0.6 is 11.6 Å². The molecule has 0 radical (unpaired) electrons. The highest BCUT2D eigenvalue weighted by molar-refractivity contribution is 6.29. The molecule has 0 N–H and O–H groups in total. The van der Waals surface area contributed by atoms with Gasteiger partial charge in [-0.15, -0.1) is 0 Å². The van der Waals surface area contributed by atoms with E-state index in [4.69, 9.17) is 11.6 Å². The maximum absolute atomic E-state index is 6.15. The zero-order valence-electron chi connectivity index (χ0n) is 11.1. The minimum Gasteiger partial charge on any atom is -0.217 e. The third-order valence-corrected chi connectivity index (χ3v) is 3.78. The molecule has 0 spiro atoms. The average molecular weight is 291 g/mol. The highest BCUT2D eigenvalue weighted by Gasteiger charge is 2.11. The van der Waals surface area contributed by atoms with Gasteiger partial charge >= 0.3 is 0 Å². The monoisotopic (exact) mass is 290 g/mol. The molecule has 0 fully saturated rings. The number of nitrogens with zero attached hydrogens (tertiary/aromatic N) is 2. The van der Waals surface area contributed by atoms with Gasteiger partial charge in [-0.2, -0.15) is 0 Å². The van der Waals surface area contributed by atoms with Gasteiger partial charge in [0, 0.05) is 16.3 Å². The summed E-state index contributed by atoms with van der Waals surface area (Å²) >= 11 is 6.15. The highest BCUT2D eigenvalue weighted by atomic mass is 35.5. The van der Waals surface area contributed by atoms with Crippen molar-refractivity contribution in [2.75, 3.05) is 0 Å². The van der Waals surface area contributed by atoms with Crippen LogP contribution in [0.4, 0.5) is 0 Å². The van der Waals surface area contributed by atoms with Gasteiger partial charge in [0.25, 0.3) is 0 Å². The predicted octanol–water partition coefficient (Wildman–Crippen LogP) is 5.10. The number of aromatic nitrogens is 2. The van der Waals surface area contributed by atoms with E-state index < -0.39 is 0 Å². The zero-order chi connectivity index (χ0) is 14.2. The molecule has 0 aliphatic heterocycles. The summed E-state index contributed by atoms with van der Waals surface area (Å²) in [6.07, 6.45) is 0. The average Bonchev–Trinajstić information content (AvgIpc) is 2.55. The van der Waals surface area contributed by atoms with Crippen LogP contribution in [0.1, 0.15) is 0 Å². The van der Waals surface area contributed by atoms with Gasteiger partial charge in [0.2, 0.25) is 5.28 Å². The topological polar surface area (TPSA) is 25.8 Å². The Kier molecular flexibility index (Phi) is 2.83. The van der Waals surface area contributed by atoms with E-state index >= 15 is 0 Å². The SMILES string of the molecule is Clc1nc(-c2ccccc2)c2ccc3ccccc3c2n1. The first-order valence-corrected chi connectivity index (χ1v) is 7.11. The van der Waals surface area contributed by atoms with Gasteiger partial charge in [0.1, 0.15) is 0 Å². The van der Waals surface area contributed by atoms with Crippen molar-refractivity contribution < 1.29 is 0 Å². The normalized spacial score (nSPS) is 11.1. The molecule has 1 heterocycles. The Bertz CT molecular complexity index is 949. The number of hydrogen-bond donors (Lipinski definition) is 0. The van der Waals surface area contributed by atoms with Gasteiger partial charge in [-0.05, 0) is 23.1 Å². The van der Waals surface area contributed by atoms with E-state index in [9.17, 15) is 0 Å². The largest absolute Gasteiger partial charge is 0.223 e. The third kappa shape index (κ3) is 2.05. The quantitative estimate of drug-likeness (QED) is 0.360. The van der Waals surface area contributed by atoms with E-state index in [1.54, 1.807) is 0 Å². The minimum atomic E-state index is 0.276. The first-order chi connectivity index (χ1) is 10.3. The molecule has 4 aromatic rings. The van der Waals surface area contributed by atoms with Gasteiger partial charge in [0.05, 0.1) is 11.2 Å². The molecular weight excluding hydrogens is 280 g/mol. The predicted molar refractivity (Wildman–Crippen MR) is 87.5 cm³/mol. The lowest BCUT2D eigenvalue weighted by atomic mass is 10.0. The van der Waals surface area contributed by atoms with Crippen LogP contribution < -0.4 is 0 Å². The van der Waals surface area contributed by atoms with Crippen molar-refractivity contribution in [2.45, 2.75) is 0 Å². The fraction of sp³-hybridized carbons (Fsp3) is 0. The summed E-state index contributed by atoms with van der Waals surface area (Å²) in [4.78, 5) is 8.88. The maximum atomic E-state index is 6.15. The first-order valence-electron chi connectivity index (χ1n) is 6.73. The van der Waals surface area contributed by atoms with Crippen molar-refractivity contribution in [3.63, 3.8) is 0 Å². The van der Waals surface area contributed by atoms with E-state index in [0.29, 0.717) is 0 Å². The van der Waals surface area contributed by atoms with Crippen molar-refractivity contribution in [2.24, 2.45) is 0 Å². The van der Waals surface area contributed by atoms with Crippen molar-refractivity contribution in [3.05, 3.63) is 72.0 Å². The molecule has 3 aromatic carbocycles. The lowest BCUT2D eigenvalue weighted by Gasteiger charge is -2.08. The fourth-order valence-electron chi connectivity index (χ4n) is 2.65. The Morgan fingerprint density at radius 3 is 2.29 bits per heavy atom. The second kappa shape index (κ2) is 4.83. The second-order valence-corrected chi connectivity index (χ2v) is 5.23. The van der Waals surface area contributed by atoms with E-state index in [0.717, 1.165) is 32.9 Å². The summed E-state index contributed by atoms with van der Waals surface area (Å²) < 4.78 is 0.